The molecule has 1 aliphatic rings. The van der Waals surface area contributed by atoms with Gasteiger partial charge in [-0.25, -0.2) is 23.4 Å². The second kappa shape index (κ2) is 15.2. The zero-order valence-electron chi connectivity index (χ0n) is 21.7. The molecule has 11 heteroatoms. The number of aliphatic carboxylic acids is 1. The third-order valence-corrected chi connectivity index (χ3v) is 6.34. The Morgan fingerprint density at radius 3 is 2.68 bits per heavy atom. The van der Waals surface area contributed by atoms with E-state index in [0.717, 1.165) is 68.8 Å². The van der Waals surface area contributed by atoms with Crippen LogP contribution in [0.15, 0.2) is 30.3 Å². The van der Waals surface area contributed by atoms with Gasteiger partial charge in [0.15, 0.2) is 0 Å². The Labute approximate surface area is 221 Å². The summed E-state index contributed by atoms with van der Waals surface area (Å²) in [6, 6.07) is 5.84. The van der Waals surface area contributed by atoms with Crippen molar-refractivity contribution in [2.75, 3.05) is 45.2 Å². The third-order valence-electron chi connectivity index (χ3n) is 6.34. The standard InChI is InChI=1S/C27H36F2N4O5/c1-37-14-13-33(11-3-2-6-23-8-7-20-5-4-10-30-25(20)31-23)12-9-24(26(34)35)32-27(36)38-18-19-15-21(28)17-22(29)16-19/h7-8,15-17,24H,2-6,9-14,18H2,1H3,(H,30,31)(H,32,36)(H,34,35)/t24-/m0/s1. The highest BCUT2D eigenvalue weighted by molar-refractivity contribution is 5.79. The number of methoxy groups -OCH3 is 1. The molecular formula is C27H36F2N4O5. The number of fused-ring (bicyclic) bond motifs is 1. The average molecular weight is 535 g/mol. The van der Waals surface area contributed by atoms with E-state index in [1.807, 2.05) is 0 Å². The van der Waals surface area contributed by atoms with E-state index >= 15 is 0 Å². The van der Waals surface area contributed by atoms with E-state index in [2.05, 4.69) is 27.7 Å². The minimum absolute atomic E-state index is 0.122. The van der Waals surface area contributed by atoms with Gasteiger partial charge in [-0.1, -0.05) is 6.07 Å². The number of unbranched alkanes of at least 4 members (excludes halogenated alkanes) is 1. The number of carbonyl (C=O) groups is 2. The maximum atomic E-state index is 13.3. The fourth-order valence-electron chi connectivity index (χ4n) is 4.30. The van der Waals surface area contributed by atoms with Crippen LogP contribution in [0.1, 0.15) is 42.5 Å². The first-order valence-electron chi connectivity index (χ1n) is 12.9. The van der Waals surface area contributed by atoms with E-state index in [1.54, 1.807) is 7.11 Å². The minimum atomic E-state index is -1.20. The van der Waals surface area contributed by atoms with Crippen molar-refractivity contribution in [1.29, 1.82) is 0 Å². The van der Waals surface area contributed by atoms with Gasteiger partial charge in [0, 0.05) is 38.5 Å². The van der Waals surface area contributed by atoms with Gasteiger partial charge in [0.05, 0.1) is 6.61 Å². The molecule has 1 amide bonds. The summed E-state index contributed by atoms with van der Waals surface area (Å²) in [7, 11) is 1.61. The van der Waals surface area contributed by atoms with Gasteiger partial charge in [-0.2, -0.15) is 0 Å². The molecule has 1 atom stereocenters. The topological polar surface area (TPSA) is 113 Å². The third kappa shape index (κ3) is 9.86. The number of benzene rings is 1. The van der Waals surface area contributed by atoms with Gasteiger partial charge in [0.25, 0.3) is 0 Å². The Morgan fingerprint density at radius 1 is 1.16 bits per heavy atom. The van der Waals surface area contributed by atoms with Gasteiger partial charge in [-0.15, -0.1) is 0 Å². The number of halogens is 2. The first kappa shape index (κ1) is 29.2. The molecule has 3 rings (SSSR count). The van der Waals surface area contributed by atoms with E-state index in [0.29, 0.717) is 25.8 Å². The summed E-state index contributed by atoms with van der Waals surface area (Å²) in [5, 5.41) is 15.2. The van der Waals surface area contributed by atoms with Crippen LogP contribution in [0.25, 0.3) is 0 Å². The highest BCUT2D eigenvalue weighted by Gasteiger charge is 2.22. The highest BCUT2D eigenvalue weighted by atomic mass is 19.1. The van der Waals surface area contributed by atoms with Crippen LogP contribution in [0, 0.1) is 11.6 Å². The van der Waals surface area contributed by atoms with Crippen molar-refractivity contribution >= 4 is 17.9 Å². The summed E-state index contributed by atoms with van der Waals surface area (Å²) in [6.07, 6.45) is 4.05. The number of carbonyl (C=O) groups excluding carboxylic acids is 1. The number of nitrogens with zero attached hydrogens (tertiary/aromatic N) is 2. The van der Waals surface area contributed by atoms with E-state index in [9.17, 15) is 23.5 Å². The zero-order chi connectivity index (χ0) is 27.3. The zero-order valence-corrected chi connectivity index (χ0v) is 21.7. The lowest BCUT2D eigenvalue weighted by atomic mass is 10.1. The van der Waals surface area contributed by atoms with Crippen LogP contribution in [0.2, 0.25) is 0 Å². The molecule has 2 heterocycles. The molecule has 3 N–H and O–H groups in total. The molecule has 1 aliphatic heterocycles. The maximum Gasteiger partial charge on any atom is 0.408 e. The number of carboxylic acids is 1. The van der Waals surface area contributed by atoms with Crippen LogP contribution in [0.5, 0.6) is 0 Å². The van der Waals surface area contributed by atoms with Crippen molar-refractivity contribution in [2.24, 2.45) is 0 Å². The van der Waals surface area contributed by atoms with Crippen molar-refractivity contribution in [3.8, 4) is 0 Å². The fourth-order valence-corrected chi connectivity index (χ4v) is 4.30. The fraction of sp³-hybridized carbons (Fsp3) is 0.519. The Balaban J connectivity index is 1.43. The number of ether oxygens (including phenoxy) is 2. The average Bonchev–Trinajstić information content (AvgIpc) is 2.89. The number of pyridine rings is 1. The lowest BCUT2D eigenvalue weighted by Gasteiger charge is -2.24. The van der Waals surface area contributed by atoms with Gasteiger partial charge in [-0.05, 0) is 74.4 Å². The van der Waals surface area contributed by atoms with E-state index < -0.39 is 29.7 Å². The van der Waals surface area contributed by atoms with Crippen LogP contribution in [0.4, 0.5) is 19.4 Å². The van der Waals surface area contributed by atoms with Crippen molar-refractivity contribution in [1.82, 2.24) is 15.2 Å². The summed E-state index contributed by atoms with van der Waals surface area (Å²) >= 11 is 0. The molecule has 1 aromatic heterocycles. The predicted octanol–water partition coefficient (Wildman–Crippen LogP) is 3.76. The van der Waals surface area contributed by atoms with Crippen LogP contribution >= 0.6 is 0 Å². The van der Waals surface area contributed by atoms with Crippen molar-refractivity contribution in [3.63, 3.8) is 0 Å². The van der Waals surface area contributed by atoms with Crippen molar-refractivity contribution in [3.05, 3.63) is 58.8 Å². The number of hydrogen-bond acceptors (Lipinski definition) is 7. The summed E-state index contributed by atoms with van der Waals surface area (Å²) in [6.45, 7) is 2.86. The minimum Gasteiger partial charge on any atom is -0.480 e. The summed E-state index contributed by atoms with van der Waals surface area (Å²) in [5.41, 5.74) is 2.44. The molecular weight excluding hydrogens is 498 g/mol. The smallest absolute Gasteiger partial charge is 0.408 e. The molecule has 0 fully saturated rings. The molecule has 0 aliphatic carbocycles. The van der Waals surface area contributed by atoms with Crippen molar-refractivity contribution in [2.45, 2.75) is 51.2 Å². The second-order valence-electron chi connectivity index (χ2n) is 9.31. The summed E-state index contributed by atoms with van der Waals surface area (Å²) in [5.74, 6) is -1.79. The van der Waals surface area contributed by atoms with E-state index in [4.69, 9.17) is 14.5 Å². The van der Waals surface area contributed by atoms with Gasteiger partial charge >= 0.3 is 12.1 Å². The molecule has 0 bridgehead atoms. The van der Waals surface area contributed by atoms with Gasteiger partial charge in [0.1, 0.15) is 30.1 Å². The van der Waals surface area contributed by atoms with Crippen LogP contribution in [-0.4, -0.2) is 73.0 Å². The number of hydrogen-bond donors (Lipinski definition) is 3. The molecule has 9 nitrogen and oxygen atoms in total. The molecule has 0 unspecified atom stereocenters. The number of anilines is 1. The number of carboxylic acid groups (broad SMARTS) is 1. The lowest BCUT2D eigenvalue weighted by Crippen LogP contribution is -2.43. The molecule has 38 heavy (non-hydrogen) atoms. The first-order chi connectivity index (χ1) is 18.3. The van der Waals surface area contributed by atoms with Crippen LogP contribution in [-0.2, 0) is 33.7 Å². The number of rotatable bonds is 15. The Bertz CT molecular complexity index is 1050. The molecule has 2 aromatic rings. The monoisotopic (exact) mass is 534 g/mol. The number of amides is 1. The lowest BCUT2D eigenvalue weighted by molar-refractivity contribution is -0.139. The summed E-state index contributed by atoms with van der Waals surface area (Å²) < 4.78 is 36.7. The largest absolute Gasteiger partial charge is 0.480 e. The number of nitrogens with one attached hydrogen (secondary N) is 2. The maximum absolute atomic E-state index is 13.3. The Morgan fingerprint density at radius 2 is 1.95 bits per heavy atom. The Hall–Kier alpha value is -3.31. The summed E-state index contributed by atoms with van der Waals surface area (Å²) in [4.78, 5) is 30.7. The van der Waals surface area contributed by atoms with E-state index in [-0.39, 0.29) is 18.6 Å². The molecule has 208 valence electrons. The number of alkyl carbamates (subject to hydrolysis) is 1. The molecule has 0 saturated heterocycles. The normalized spacial score (nSPS) is 13.5. The predicted molar refractivity (Wildman–Crippen MR) is 138 cm³/mol. The van der Waals surface area contributed by atoms with Gasteiger partial charge < -0.3 is 30.1 Å². The number of aromatic nitrogens is 1. The molecule has 0 radical (unpaired) electrons. The van der Waals surface area contributed by atoms with Gasteiger partial charge in [-0.3, -0.25) is 0 Å². The number of aryl methyl sites for hydroxylation is 2. The van der Waals surface area contributed by atoms with E-state index in [1.165, 1.54) is 5.56 Å². The van der Waals surface area contributed by atoms with Crippen LogP contribution in [0.3, 0.4) is 0 Å². The first-order valence-corrected chi connectivity index (χ1v) is 12.9. The quantitative estimate of drug-likeness (QED) is 0.296. The SMILES string of the molecule is COCCN(CCCCc1ccc2c(n1)NCCC2)CC[C@H](NC(=O)OCc1cc(F)cc(F)c1)C(=O)O. The Kier molecular flexibility index (Phi) is 11.7. The second-order valence-corrected chi connectivity index (χ2v) is 9.31. The van der Waals surface area contributed by atoms with Gasteiger partial charge in [0.2, 0.25) is 0 Å². The van der Waals surface area contributed by atoms with Crippen molar-refractivity contribution < 1.29 is 33.0 Å². The van der Waals surface area contributed by atoms with Crippen LogP contribution < -0.4 is 10.6 Å². The molecule has 0 spiro atoms. The molecule has 0 saturated carbocycles. The molecule has 1 aromatic carbocycles. The highest BCUT2D eigenvalue weighted by Crippen LogP contribution is 2.20.